The van der Waals surface area contributed by atoms with Crippen molar-refractivity contribution in [3.8, 4) is 0 Å². The highest BCUT2D eigenvalue weighted by molar-refractivity contribution is 5.87. The predicted octanol–water partition coefficient (Wildman–Crippen LogP) is 2.68. The molecule has 4 nitrogen and oxygen atoms in total. The van der Waals surface area contributed by atoms with E-state index in [4.69, 9.17) is 5.11 Å². The third kappa shape index (κ3) is 3.81. The summed E-state index contributed by atoms with van der Waals surface area (Å²) in [5.41, 5.74) is 0.177. The van der Waals surface area contributed by atoms with Gasteiger partial charge in [-0.1, -0.05) is 13.8 Å². The molecule has 0 aliphatic heterocycles. The van der Waals surface area contributed by atoms with E-state index < -0.39 is 35.5 Å². The Hall–Kier alpha value is -1.98. The lowest BCUT2D eigenvalue weighted by molar-refractivity contribution is -0.142. The Morgan fingerprint density at radius 2 is 2.05 bits per heavy atom. The zero-order valence-corrected chi connectivity index (χ0v) is 12.5. The van der Waals surface area contributed by atoms with Gasteiger partial charge < -0.3 is 10.4 Å². The molecule has 120 valence electrons. The zero-order chi connectivity index (χ0) is 16.4. The maximum Gasteiger partial charge on any atom is 0.326 e. The lowest BCUT2D eigenvalue weighted by atomic mass is 10.0. The number of hydrogen-bond donors (Lipinski definition) is 2. The summed E-state index contributed by atoms with van der Waals surface area (Å²) in [4.78, 5) is 23.2. The van der Waals surface area contributed by atoms with Crippen molar-refractivity contribution in [3.63, 3.8) is 0 Å². The number of aliphatic carboxylic acids is 1. The van der Waals surface area contributed by atoms with Crippen LogP contribution in [-0.4, -0.2) is 23.0 Å². The predicted molar refractivity (Wildman–Crippen MR) is 76.2 cm³/mol. The Kier molecular flexibility index (Phi) is 4.78. The normalized spacial score (nSPS) is 21.5. The third-order valence-electron chi connectivity index (χ3n) is 3.81. The fourth-order valence-corrected chi connectivity index (χ4v) is 2.60. The summed E-state index contributed by atoms with van der Waals surface area (Å²) in [6.45, 7) is 3.73. The van der Waals surface area contributed by atoms with E-state index in [9.17, 15) is 18.4 Å². The van der Waals surface area contributed by atoms with Gasteiger partial charge in [0.05, 0.1) is 0 Å². The number of carboxylic acid groups (broad SMARTS) is 1. The smallest absolute Gasteiger partial charge is 0.326 e. The van der Waals surface area contributed by atoms with E-state index in [1.165, 1.54) is 0 Å². The Morgan fingerprint density at radius 3 is 2.64 bits per heavy atom. The van der Waals surface area contributed by atoms with E-state index in [1.54, 1.807) is 0 Å². The minimum Gasteiger partial charge on any atom is -0.480 e. The van der Waals surface area contributed by atoms with Crippen LogP contribution < -0.4 is 5.32 Å². The SMILES string of the molecule is CC(C)CC(NC(=O)C1CC1c1cc(F)ccc1F)C(=O)O. The van der Waals surface area contributed by atoms with Gasteiger partial charge in [-0.3, -0.25) is 4.79 Å². The Morgan fingerprint density at radius 1 is 1.36 bits per heavy atom. The fourth-order valence-electron chi connectivity index (χ4n) is 2.60. The number of halogens is 2. The molecule has 0 aromatic heterocycles. The Bertz CT molecular complexity index is 589. The van der Waals surface area contributed by atoms with Gasteiger partial charge in [-0.05, 0) is 48.4 Å². The largest absolute Gasteiger partial charge is 0.480 e. The second kappa shape index (κ2) is 6.42. The molecule has 1 aromatic carbocycles. The van der Waals surface area contributed by atoms with Gasteiger partial charge in [0.25, 0.3) is 0 Å². The van der Waals surface area contributed by atoms with Gasteiger partial charge in [0.2, 0.25) is 5.91 Å². The molecule has 1 aliphatic rings. The summed E-state index contributed by atoms with van der Waals surface area (Å²) in [5.74, 6) is -3.35. The van der Waals surface area contributed by atoms with E-state index in [-0.39, 0.29) is 17.4 Å². The number of carboxylic acids is 1. The van der Waals surface area contributed by atoms with Crippen LogP contribution in [0.1, 0.15) is 38.2 Å². The molecule has 2 rings (SSSR count). The van der Waals surface area contributed by atoms with E-state index in [0.717, 1.165) is 18.2 Å². The molecule has 6 heteroatoms. The van der Waals surface area contributed by atoms with Gasteiger partial charge in [-0.25, -0.2) is 13.6 Å². The average Bonchev–Trinajstić information content (AvgIpc) is 3.20. The van der Waals surface area contributed by atoms with Gasteiger partial charge >= 0.3 is 5.97 Å². The van der Waals surface area contributed by atoms with Gasteiger partial charge in [-0.2, -0.15) is 0 Å². The molecule has 2 N–H and O–H groups in total. The molecule has 22 heavy (non-hydrogen) atoms. The highest BCUT2D eigenvalue weighted by atomic mass is 19.1. The second-order valence-corrected chi connectivity index (χ2v) is 6.14. The van der Waals surface area contributed by atoms with E-state index in [0.29, 0.717) is 12.8 Å². The van der Waals surface area contributed by atoms with Crippen LogP contribution in [0.4, 0.5) is 8.78 Å². The highest BCUT2D eigenvalue weighted by Gasteiger charge is 2.46. The first kappa shape index (κ1) is 16.4. The number of nitrogens with one attached hydrogen (secondary N) is 1. The van der Waals surface area contributed by atoms with Crippen LogP contribution in [0.3, 0.4) is 0 Å². The first-order valence-corrected chi connectivity index (χ1v) is 7.27. The maximum absolute atomic E-state index is 13.7. The van der Waals surface area contributed by atoms with Crippen molar-refractivity contribution in [1.29, 1.82) is 0 Å². The van der Waals surface area contributed by atoms with Crippen molar-refractivity contribution in [2.75, 3.05) is 0 Å². The van der Waals surface area contributed by atoms with Crippen LogP contribution in [0.5, 0.6) is 0 Å². The molecule has 0 spiro atoms. The van der Waals surface area contributed by atoms with Crippen LogP contribution in [0, 0.1) is 23.5 Å². The van der Waals surface area contributed by atoms with Gasteiger partial charge in [-0.15, -0.1) is 0 Å². The maximum atomic E-state index is 13.7. The number of benzene rings is 1. The number of carbonyl (C=O) groups is 2. The summed E-state index contributed by atoms with van der Waals surface area (Å²) in [7, 11) is 0. The minimum atomic E-state index is -1.09. The number of hydrogen-bond acceptors (Lipinski definition) is 2. The van der Waals surface area contributed by atoms with Crippen molar-refractivity contribution in [2.24, 2.45) is 11.8 Å². The third-order valence-corrected chi connectivity index (χ3v) is 3.81. The second-order valence-electron chi connectivity index (χ2n) is 6.14. The summed E-state index contributed by atoms with van der Waals surface area (Å²) < 4.78 is 26.8. The van der Waals surface area contributed by atoms with Crippen LogP contribution in [-0.2, 0) is 9.59 Å². The molecule has 3 atom stereocenters. The van der Waals surface area contributed by atoms with E-state index >= 15 is 0 Å². The van der Waals surface area contributed by atoms with Gasteiger partial charge in [0, 0.05) is 5.92 Å². The Labute approximate surface area is 127 Å². The summed E-state index contributed by atoms with van der Waals surface area (Å²) in [6.07, 6.45) is 0.729. The monoisotopic (exact) mass is 311 g/mol. The van der Waals surface area contributed by atoms with Crippen molar-refractivity contribution in [1.82, 2.24) is 5.32 Å². The number of amides is 1. The summed E-state index contributed by atoms with van der Waals surface area (Å²) >= 11 is 0. The molecule has 1 amide bonds. The molecule has 0 radical (unpaired) electrons. The molecule has 1 fully saturated rings. The molecule has 0 bridgehead atoms. The first-order valence-electron chi connectivity index (χ1n) is 7.27. The lowest BCUT2D eigenvalue weighted by Crippen LogP contribution is -2.42. The topological polar surface area (TPSA) is 66.4 Å². The van der Waals surface area contributed by atoms with Crippen molar-refractivity contribution in [2.45, 2.75) is 38.6 Å². The highest BCUT2D eigenvalue weighted by Crippen LogP contribution is 2.48. The first-order chi connectivity index (χ1) is 10.3. The van der Waals surface area contributed by atoms with Crippen molar-refractivity contribution >= 4 is 11.9 Å². The number of rotatable bonds is 6. The number of carbonyl (C=O) groups excluding carboxylic acids is 1. The standard InChI is InChI=1S/C16H19F2NO3/c1-8(2)5-14(16(21)22)19-15(20)12-7-10(12)11-6-9(17)3-4-13(11)18/h3-4,6,8,10,12,14H,5,7H2,1-2H3,(H,19,20)(H,21,22). The molecular weight excluding hydrogens is 292 g/mol. The molecule has 1 aromatic rings. The van der Waals surface area contributed by atoms with Crippen molar-refractivity contribution < 1.29 is 23.5 Å². The van der Waals surface area contributed by atoms with Crippen molar-refractivity contribution in [3.05, 3.63) is 35.4 Å². The van der Waals surface area contributed by atoms with Crippen LogP contribution in [0.2, 0.25) is 0 Å². The summed E-state index contributed by atoms with van der Waals surface area (Å²) in [6, 6.07) is 2.21. The molecule has 0 heterocycles. The van der Waals surface area contributed by atoms with Crippen LogP contribution in [0.25, 0.3) is 0 Å². The molecule has 1 aliphatic carbocycles. The van der Waals surface area contributed by atoms with Gasteiger partial charge in [0.15, 0.2) is 0 Å². The molecule has 1 saturated carbocycles. The summed E-state index contributed by atoms with van der Waals surface area (Å²) in [5, 5.41) is 11.6. The fraction of sp³-hybridized carbons (Fsp3) is 0.500. The minimum absolute atomic E-state index is 0.122. The zero-order valence-electron chi connectivity index (χ0n) is 12.5. The van der Waals surface area contributed by atoms with Crippen LogP contribution >= 0.6 is 0 Å². The lowest BCUT2D eigenvalue weighted by Gasteiger charge is -2.16. The van der Waals surface area contributed by atoms with Crippen LogP contribution in [0.15, 0.2) is 18.2 Å². The van der Waals surface area contributed by atoms with Gasteiger partial charge in [0.1, 0.15) is 17.7 Å². The average molecular weight is 311 g/mol. The van der Waals surface area contributed by atoms with E-state index in [2.05, 4.69) is 5.32 Å². The molecular formula is C16H19F2NO3. The molecule has 3 unspecified atom stereocenters. The quantitative estimate of drug-likeness (QED) is 0.849. The Balaban J connectivity index is 2.00. The molecule has 0 saturated heterocycles. The van der Waals surface area contributed by atoms with E-state index in [1.807, 2.05) is 13.8 Å².